The molecule has 128 valence electrons. The van der Waals surface area contributed by atoms with E-state index in [0.29, 0.717) is 10.7 Å². The molecule has 0 bridgehead atoms. The second kappa shape index (κ2) is 7.74. The molecule has 1 amide bonds. The van der Waals surface area contributed by atoms with E-state index in [1.54, 1.807) is 10.7 Å². The summed E-state index contributed by atoms with van der Waals surface area (Å²) in [6.45, 7) is 1.93. The van der Waals surface area contributed by atoms with E-state index in [1.807, 2.05) is 55.6 Å². The summed E-state index contributed by atoms with van der Waals surface area (Å²) in [6, 6.07) is 14.8. The Morgan fingerprint density at radius 2 is 2.08 bits per heavy atom. The van der Waals surface area contributed by atoms with Crippen molar-refractivity contribution in [2.75, 3.05) is 5.32 Å². The molecule has 0 radical (unpaired) electrons. The van der Waals surface area contributed by atoms with Gasteiger partial charge in [0.15, 0.2) is 0 Å². The molecule has 0 saturated carbocycles. The summed E-state index contributed by atoms with van der Waals surface area (Å²) in [5, 5.41) is 13.6. The highest BCUT2D eigenvalue weighted by atomic mass is 35.5. The van der Waals surface area contributed by atoms with E-state index in [2.05, 4.69) is 10.4 Å². The third-order valence-electron chi connectivity index (χ3n) is 3.65. The lowest BCUT2D eigenvalue weighted by Gasteiger charge is -2.11. The van der Waals surface area contributed by atoms with Gasteiger partial charge in [0, 0.05) is 16.9 Å². The Hall–Kier alpha value is -2.28. The Morgan fingerprint density at radius 1 is 1.28 bits per heavy atom. The molecule has 25 heavy (non-hydrogen) atoms. The summed E-state index contributed by atoms with van der Waals surface area (Å²) >= 11 is 7.21. The van der Waals surface area contributed by atoms with Crippen molar-refractivity contribution in [1.82, 2.24) is 9.78 Å². The number of carbonyl (C=O) groups is 1. The monoisotopic (exact) mass is 372 g/mol. The zero-order chi connectivity index (χ0) is 17.8. The van der Waals surface area contributed by atoms with Crippen LogP contribution in [0.5, 0.6) is 0 Å². The first kappa shape index (κ1) is 17.5. The normalized spacial score (nSPS) is 10.7. The minimum absolute atomic E-state index is 0.135. The maximum absolute atomic E-state index is 12.3. The summed E-state index contributed by atoms with van der Waals surface area (Å²) in [7, 11) is 0. The fourth-order valence-corrected chi connectivity index (χ4v) is 3.12. The number of amides is 1. The third kappa shape index (κ3) is 4.22. The van der Waals surface area contributed by atoms with E-state index in [0.717, 1.165) is 33.8 Å². The van der Waals surface area contributed by atoms with Gasteiger partial charge in [-0.3, -0.25) is 9.93 Å². The van der Waals surface area contributed by atoms with E-state index in [1.165, 1.54) is 0 Å². The summed E-state index contributed by atoms with van der Waals surface area (Å²) in [5.74, 6) is -0.135. The SMILES string of the molecule is Cc1ccn(-c2ccc(NC(=O)Cc3ccccc3Cl)cc2SN)n1. The number of rotatable bonds is 5. The van der Waals surface area contributed by atoms with Crippen molar-refractivity contribution in [2.45, 2.75) is 18.2 Å². The summed E-state index contributed by atoms with van der Waals surface area (Å²) in [4.78, 5) is 13.1. The van der Waals surface area contributed by atoms with Crippen LogP contribution in [-0.2, 0) is 11.2 Å². The molecule has 0 saturated heterocycles. The molecule has 3 N–H and O–H groups in total. The van der Waals surface area contributed by atoms with Crippen molar-refractivity contribution < 1.29 is 4.79 Å². The van der Waals surface area contributed by atoms with Crippen LogP contribution in [0.15, 0.2) is 59.6 Å². The second-order valence-corrected chi connectivity index (χ2v) is 6.60. The molecule has 0 aliphatic rings. The molecule has 7 heteroatoms. The first-order chi connectivity index (χ1) is 12.1. The molecular weight excluding hydrogens is 356 g/mol. The number of aromatic nitrogens is 2. The Balaban J connectivity index is 1.77. The number of hydrogen-bond donors (Lipinski definition) is 2. The molecule has 2 aromatic carbocycles. The van der Waals surface area contributed by atoms with Gasteiger partial charge in [-0.25, -0.2) is 4.68 Å². The highest BCUT2D eigenvalue weighted by Crippen LogP contribution is 2.26. The molecule has 0 fully saturated rings. The van der Waals surface area contributed by atoms with Crippen LogP contribution in [0.2, 0.25) is 5.02 Å². The van der Waals surface area contributed by atoms with Crippen LogP contribution in [0.4, 0.5) is 5.69 Å². The second-order valence-electron chi connectivity index (χ2n) is 5.52. The molecule has 3 rings (SSSR count). The lowest BCUT2D eigenvalue weighted by molar-refractivity contribution is -0.115. The van der Waals surface area contributed by atoms with Crippen LogP contribution >= 0.6 is 23.5 Å². The van der Waals surface area contributed by atoms with Gasteiger partial charge in [0.2, 0.25) is 5.91 Å². The van der Waals surface area contributed by atoms with Gasteiger partial charge in [-0.1, -0.05) is 29.8 Å². The number of anilines is 1. The van der Waals surface area contributed by atoms with Crippen LogP contribution in [0.3, 0.4) is 0 Å². The Kier molecular flexibility index (Phi) is 5.43. The van der Waals surface area contributed by atoms with Gasteiger partial charge in [-0.15, -0.1) is 0 Å². The van der Waals surface area contributed by atoms with Gasteiger partial charge >= 0.3 is 0 Å². The quantitative estimate of drug-likeness (QED) is 0.664. The highest BCUT2D eigenvalue weighted by Gasteiger charge is 2.10. The van der Waals surface area contributed by atoms with E-state index in [9.17, 15) is 4.79 Å². The topological polar surface area (TPSA) is 72.9 Å². The summed E-state index contributed by atoms with van der Waals surface area (Å²) in [6.07, 6.45) is 2.09. The average molecular weight is 373 g/mol. The largest absolute Gasteiger partial charge is 0.326 e. The van der Waals surface area contributed by atoms with Gasteiger partial charge in [0.05, 0.1) is 22.7 Å². The molecule has 0 spiro atoms. The minimum atomic E-state index is -0.135. The minimum Gasteiger partial charge on any atom is -0.326 e. The number of nitrogens with two attached hydrogens (primary N) is 1. The first-order valence-electron chi connectivity index (χ1n) is 7.63. The number of halogens is 1. The van der Waals surface area contributed by atoms with Gasteiger partial charge in [-0.2, -0.15) is 5.10 Å². The lowest BCUT2D eigenvalue weighted by atomic mass is 10.1. The van der Waals surface area contributed by atoms with Gasteiger partial charge < -0.3 is 5.32 Å². The number of benzene rings is 2. The van der Waals surface area contributed by atoms with Crippen molar-refractivity contribution in [3.63, 3.8) is 0 Å². The predicted octanol–water partition coefficient (Wildman–Crippen LogP) is 3.98. The predicted molar refractivity (Wildman–Crippen MR) is 102 cm³/mol. The molecule has 0 aliphatic carbocycles. The van der Waals surface area contributed by atoms with Crippen molar-refractivity contribution in [1.29, 1.82) is 0 Å². The smallest absolute Gasteiger partial charge is 0.228 e. The molecule has 5 nitrogen and oxygen atoms in total. The van der Waals surface area contributed by atoms with Crippen molar-refractivity contribution in [3.05, 3.63) is 71.0 Å². The first-order valence-corrected chi connectivity index (χ1v) is 8.89. The van der Waals surface area contributed by atoms with Crippen LogP contribution in [0.1, 0.15) is 11.3 Å². The molecular formula is C18H17ClN4OS. The number of nitrogens with one attached hydrogen (secondary N) is 1. The van der Waals surface area contributed by atoms with E-state index >= 15 is 0 Å². The highest BCUT2D eigenvalue weighted by molar-refractivity contribution is 7.97. The van der Waals surface area contributed by atoms with Crippen LogP contribution in [0, 0.1) is 6.92 Å². The van der Waals surface area contributed by atoms with Crippen LogP contribution in [-0.4, -0.2) is 15.7 Å². The summed E-state index contributed by atoms with van der Waals surface area (Å²) < 4.78 is 1.76. The third-order valence-corrected chi connectivity index (χ3v) is 4.60. The Labute approximate surface area is 155 Å². The standard InChI is InChI=1S/C18H17ClN4OS/c1-12-8-9-23(22-12)16-7-6-14(11-17(16)25-20)21-18(24)10-13-4-2-3-5-15(13)19/h2-9,11H,10,20H2,1H3,(H,21,24). The lowest BCUT2D eigenvalue weighted by Crippen LogP contribution is -2.15. The van der Waals surface area contributed by atoms with E-state index in [-0.39, 0.29) is 12.3 Å². The number of carbonyl (C=O) groups excluding carboxylic acids is 1. The molecule has 0 atom stereocenters. The van der Waals surface area contributed by atoms with Gasteiger partial charge in [0.25, 0.3) is 0 Å². The fourth-order valence-electron chi connectivity index (χ4n) is 2.44. The maximum atomic E-state index is 12.3. The zero-order valence-corrected chi connectivity index (χ0v) is 15.1. The molecule has 3 aromatic rings. The van der Waals surface area contributed by atoms with E-state index < -0.39 is 0 Å². The molecule has 1 aromatic heterocycles. The number of nitrogens with zero attached hydrogens (tertiary/aromatic N) is 2. The molecule has 0 unspecified atom stereocenters. The van der Waals surface area contributed by atoms with Crippen LogP contribution in [0.25, 0.3) is 5.69 Å². The van der Waals surface area contributed by atoms with Crippen LogP contribution < -0.4 is 10.5 Å². The fraction of sp³-hybridized carbons (Fsp3) is 0.111. The van der Waals surface area contributed by atoms with Crippen molar-refractivity contribution in [2.24, 2.45) is 5.14 Å². The maximum Gasteiger partial charge on any atom is 0.228 e. The molecule has 1 heterocycles. The molecule has 0 aliphatic heterocycles. The van der Waals surface area contributed by atoms with Gasteiger partial charge in [0.1, 0.15) is 0 Å². The van der Waals surface area contributed by atoms with E-state index in [4.69, 9.17) is 16.7 Å². The zero-order valence-electron chi connectivity index (χ0n) is 13.6. The number of hydrogen-bond acceptors (Lipinski definition) is 4. The number of aryl methyl sites for hydroxylation is 1. The van der Waals surface area contributed by atoms with Crippen molar-refractivity contribution in [3.8, 4) is 5.69 Å². The van der Waals surface area contributed by atoms with Crippen molar-refractivity contribution >= 4 is 35.1 Å². The summed E-state index contributed by atoms with van der Waals surface area (Å²) in [5.41, 5.74) is 3.26. The van der Waals surface area contributed by atoms with Gasteiger partial charge in [-0.05, 0) is 54.8 Å². The average Bonchev–Trinajstić information content (AvgIpc) is 3.03. The Bertz CT molecular complexity index is 910. The Morgan fingerprint density at radius 3 is 2.76 bits per heavy atom.